The van der Waals surface area contributed by atoms with Crippen LogP contribution in [-0.2, 0) is 0 Å². The molecule has 3 aromatic rings. The highest BCUT2D eigenvalue weighted by atomic mass is 19.1. The van der Waals surface area contributed by atoms with Crippen molar-refractivity contribution in [2.75, 3.05) is 36.4 Å². The smallest absolute Gasteiger partial charge is 0.321 e. The fourth-order valence-electron chi connectivity index (χ4n) is 3.52. The summed E-state index contributed by atoms with van der Waals surface area (Å²) in [5, 5.41) is 3.02. The topological polar surface area (TPSA) is 61.4 Å². The van der Waals surface area contributed by atoms with Gasteiger partial charge in [0.1, 0.15) is 18.0 Å². The minimum absolute atomic E-state index is 0.0851. The second kappa shape index (κ2) is 8.49. The number of carbonyl (C=O) groups excluding carboxylic acids is 1. The third kappa shape index (κ3) is 4.25. The highest BCUT2D eigenvalue weighted by Gasteiger charge is 2.22. The number of nitrogens with one attached hydrogen (secondary N) is 1. The number of anilines is 2. The number of hydrogen-bond donors (Lipinski definition) is 1. The van der Waals surface area contributed by atoms with Gasteiger partial charge in [-0.1, -0.05) is 12.1 Å². The summed E-state index contributed by atoms with van der Waals surface area (Å²) < 4.78 is 13.2. The van der Waals surface area contributed by atoms with E-state index in [-0.39, 0.29) is 11.8 Å². The zero-order valence-corrected chi connectivity index (χ0v) is 17.1. The summed E-state index contributed by atoms with van der Waals surface area (Å²) in [5.74, 6) is 0.530. The van der Waals surface area contributed by atoms with Gasteiger partial charge in [0.25, 0.3) is 0 Å². The molecule has 0 atom stereocenters. The molecule has 6 nitrogen and oxygen atoms in total. The van der Waals surface area contributed by atoms with Crippen molar-refractivity contribution in [2.45, 2.75) is 13.8 Å². The molecule has 7 heteroatoms. The maximum Gasteiger partial charge on any atom is 0.321 e. The van der Waals surface area contributed by atoms with Gasteiger partial charge >= 0.3 is 6.03 Å². The first kappa shape index (κ1) is 19.8. The van der Waals surface area contributed by atoms with E-state index in [0.717, 1.165) is 33.9 Å². The molecule has 0 aliphatic carbocycles. The first-order valence-electron chi connectivity index (χ1n) is 9.96. The summed E-state index contributed by atoms with van der Waals surface area (Å²) in [6.07, 6.45) is 1.52. The molecule has 1 fully saturated rings. The van der Waals surface area contributed by atoms with E-state index in [9.17, 15) is 9.18 Å². The summed E-state index contributed by atoms with van der Waals surface area (Å²) in [5.41, 5.74) is 4.67. The van der Waals surface area contributed by atoms with Crippen molar-refractivity contribution in [1.82, 2.24) is 14.9 Å². The number of aryl methyl sites for hydroxylation is 1. The monoisotopic (exact) mass is 405 g/mol. The molecule has 0 unspecified atom stereocenters. The lowest BCUT2D eigenvalue weighted by atomic mass is 10.1. The van der Waals surface area contributed by atoms with Crippen molar-refractivity contribution in [3.63, 3.8) is 0 Å². The highest BCUT2D eigenvalue weighted by Crippen LogP contribution is 2.23. The van der Waals surface area contributed by atoms with E-state index < -0.39 is 0 Å². The predicted octanol–water partition coefficient (Wildman–Crippen LogP) is 4.25. The molecule has 0 radical (unpaired) electrons. The van der Waals surface area contributed by atoms with Gasteiger partial charge in [0.15, 0.2) is 0 Å². The molecule has 2 aromatic carbocycles. The maximum atomic E-state index is 13.2. The molecule has 30 heavy (non-hydrogen) atoms. The van der Waals surface area contributed by atoms with Crippen molar-refractivity contribution in [3.8, 4) is 11.3 Å². The highest BCUT2D eigenvalue weighted by molar-refractivity contribution is 5.90. The van der Waals surface area contributed by atoms with Crippen molar-refractivity contribution in [1.29, 1.82) is 0 Å². The van der Waals surface area contributed by atoms with Crippen molar-refractivity contribution >= 4 is 17.5 Å². The van der Waals surface area contributed by atoms with Crippen molar-refractivity contribution in [3.05, 3.63) is 71.8 Å². The van der Waals surface area contributed by atoms with Crippen molar-refractivity contribution in [2.24, 2.45) is 0 Å². The van der Waals surface area contributed by atoms with Gasteiger partial charge in [-0.3, -0.25) is 0 Å². The van der Waals surface area contributed by atoms with Crippen LogP contribution in [0.2, 0.25) is 0 Å². The average Bonchev–Trinajstić information content (AvgIpc) is 2.77. The Morgan fingerprint density at radius 1 is 1.00 bits per heavy atom. The first-order valence-corrected chi connectivity index (χ1v) is 9.96. The number of amides is 2. The molecule has 2 amide bonds. The van der Waals surface area contributed by atoms with Crippen LogP contribution in [0, 0.1) is 19.7 Å². The molecule has 1 saturated heterocycles. The molecular formula is C23H24FN5O. The maximum absolute atomic E-state index is 13.2. The van der Waals surface area contributed by atoms with Crippen LogP contribution >= 0.6 is 0 Å². The van der Waals surface area contributed by atoms with Crippen LogP contribution in [0.25, 0.3) is 11.3 Å². The summed E-state index contributed by atoms with van der Waals surface area (Å²) in [6.45, 7) is 6.61. The van der Waals surface area contributed by atoms with Gasteiger partial charge in [-0.15, -0.1) is 0 Å². The van der Waals surface area contributed by atoms with Gasteiger partial charge in [0.05, 0.1) is 5.69 Å². The molecule has 1 aromatic heterocycles. The molecular weight excluding hydrogens is 381 g/mol. The van der Waals surface area contributed by atoms with E-state index in [1.807, 2.05) is 43.0 Å². The van der Waals surface area contributed by atoms with E-state index in [1.165, 1.54) is 18.5 Å². The normalized spacial score (nSPS) is 14.0. The van der Waals surface area contributed by atoms with E-state index >= 15 is 0 Å². The lowest BCUT2D eigenvalue weighted by molar-refractivity contribution is 0.208. The fourth-order valence-corrected chi connectivity index (χ4v) is 3.52. The van der Waals surface area contributed by atoms with Gasteiger partial charge in [0, 0.05) is 43.5 Å². The number of carbonyl (C=O) groups is 1. The summed E-state index contributed by atoms with van der Waals surface area (Å²) in [7, 11) is 0. The van der Waals surface area contributed by atoms with Crippen LogP contribution in [0.4, 0.5) is 20.7 Å². The number of halogens is 1. The van der Waals surface area contributed by atoms with Crippen LogP contribution in [0.3, 0.4) is 0 Å². The number of nitrogens with zero attached hydrogens (tertiary/aromatic N) is 4. The van der Waals surface area contributed by atoms with Gasteiger partial charge in [-0.25, -0.2) is 19.2 Å². The standard InChI is InChI=1S/C23H24FN5O/c1-16-4-3-5-20(17(16)2)27-23(30)29-12-10-28(11-13-29)22-14-21(25-15-26-22)18-6-8-19(24)9-7-18/h3-9,14-15H,10-13H2,1-2H3,(H,27,30). The quantitative estimate of drug-likeness (QED) is 0.708. The number of piperazine rings is 1. The molecule has 1 aliphatic rings. The Hall–Kier alpha value is -3.48. The van der Waals surface area contributed by atoms with E-state index in [0.29, 0.717) is 26.2 Å². The summed E-state index contributed by atoms with van der Waals surface area (Å²) in [6, 6.07) is 14.0. The minimum atomic E-state index is -0.275. The Bertz CT molecular complexity index is 1050. The largest absolute Gasteiger partial charge is 0.353 e. The number of benzene rings is 2. The Balaban J connectivity index is 1.40. The van der Waals surface area contributed by atoms with Gasteiger partial charge in [-0.05, 0) is 55.3 Å². The summed E-state index contributed by atoms with van der Waals surface area (Å²) in [4.78, 5) is 25.3. The number of hydrogen-bond acceptors (Lipinski definition) is 4. The molecule has 154 valence electrons. The van der Waals surface area contributed by atoms with Gasteiger partial charge in [0.2, 0.25) is 0 Å². The first-order chi connectivity index (χ1) is 14.5. The second-order valence-corrected chi connectivity index (χ2v) is 7.42. The molecule has 4 rings (SSSR count). The Kier molecular flexibility index (Phi) is 5.61. The Morgan fingerprint density at radius 3 is 2.47 bits per heavy atom. The molecule has 1 aliphatic heterocycles. The SMILES string of the molecule is Cc1cccc(NC(=O)N2CCN(c3cc(-c4ccc(F)cc4)ncn3)CC2)c1C. The third-order valence-electron chi connectivity index (χ3n) is 5.53. The lowest BCUT2D eigenvalue weighted by Gasteiger charge is -2.35. The predicted molar refractivity (Wildman–Crippen MR) is 116 cm³/mol. The van der Waals surface area contributed by atoms with E-state index in [1.54, 1.807) is 12.1 Å². The van der Waals surface area contributed by atoms with Crippen LogP contribution < -0.4 is 10.2 Å². The van der Waals surface area contributed by atoms with Gasteiger partial charge < -0.3 is 15.1 Å². The van der Waals surface area contributed by atoms with Gasteiger partial charge in [-0.2, -0.15) is 0 Å². The lowest BCUT2D eigenvalue weighted by Crippen LogP contribution is -2.50. The molecule has 0 bridgehead atoms. The van der Waals surface area contributed by atoms with E-state index in [2.05, 4.69) is 20.2 Å². The minimum Gasteiger partial charge on any atom is -0.353 e. The second-order valence-electron chi connectivity index (χ2n) is 7.42. The third-order valence-corrected chi connectivity index (χ3v) is 5.53. The van der Waals surface area contributed by atoms with Crippen LogP contribution in [-0.4, -0.2) is 47.1 Å². The average molecular weight is 405 g/mol. The number of urea groups is 1. The molecule has 1 N–H and O–H groups in total. The Labute approximate surface area is 175 Å². The molecule has 0 spiro atoms. The fraction of sp³-hybridized carbons (Fsp3) is 0.261. The zero-order chi connectivity index (χ0) is 21.1. The molecule has 2 heterocycles. The molecule has 0 saturated carbocycles. The van der Waals surface area contributed by atoms with E-state index in [4.69, 9.17) is 0 Å². The number of aromatic nitrogens is 2. The van der Waals surface area contributed by atoms with Crippen LogP contribution in [0.15, 0.2) is 54.9 Å². The zero-order valence-electron chi connectivity index (χ0n) is 17.1. The van der Waals surface area contributed by atoms with Crippen molar-refractivity contribution < 1.29 is 9.18 Å². The van der Waals surface area contributed by atoms with Crippen LogP contribution in [0.5, 0.6) is 0 Å². The number of rotatable bonds is 3. The summed E-state index contributed by atoms with van der Waals surface area (Å²) >= 11 is 0. The Morgan fingerprint density at radius 2 is 1.73 bits per heavy atom. The van der Waals surface area contributed by atoms with Crippen LogP contribution in [0.1, 0.15) is 11.1 Å².